The summed E-state index contributed by atoms with van der Waals surface area (Å²) in [6.45, 7) is 0. The summed E-state index contributed by atoms with van der Waals surface area (Å²) in [7, 11) is 0. The third-order valence-corrected chi connectivity index (χ3v) is 2.22. The van der Waals surface area contributed by atoms with Crippen LogP contribution in [0.5, 0.6) is 0 Å². The molecule has 0 aliphatic carbocycles. The van der Waals surface area contributed by atoms with Crippen LogP contribution in [-0.2, 0) is 6.42 Å². The van der Waals surface area contributed by atoms with Crippen LogP contribution in [0.1, 0.15) is 5.82 Å². The van der Waals surface area contributed by atoms with E-state index in [9.17, 15) is 0 Å². The lowest BCUT2D eigenvalue weighted by atomic mass is 10.3. The Morgan fingerprint density at radius 2 is 2.17 bits per heavy atom. The van der Waals surface area contributed by atoms with E-state index in [1.54, 1.807) is 0 Å². The van der Waals surface area contributed by atoms with Gasteiger partial charge in [0.2, 0.25) is 0 Å². The van der Waals surface area contributed by atoms with Crippen molar-refractivity contribution in [2.75, 3.05) is 0 Å². The predicted molar refractivity (Wildman–Crippen MR) is 48.8 cm³/mol. The van der Waals surface area contributed by atoms with Crippen LogP contribution in [-0.4, -0.2) is 9.55 Å². The van der Waals surface area contributed by atoms with Gasteiger partial charge in [-0.05, 0) is 12.1 Å². The van der Waals surface area contributed by atoms with Crippen molar-refractivity contribution in [3.63, 3.8) is 0 Å². The third kappa shape index (κ3) is 0.619. The molecule has 0 amide bonds. The van der Waals surface area contributed by atoms with Crippen LogP contribution in [0.4, 0.5) is 0 Å². The molecule has 2 heterocycles. The van der Waals surface area contributed by atoms with Gasteiger partial charge in [-0.25, -0.2) is 4.98 Å². The summed E-state index contributed by atoms with van der Waals surface area (Å²) in [5, 5.41) is 0. The van der Waals surface area contributed by atoms with Crippen molar-refractivity contribution in [3.8, 4) is 0 Å². The largest absolute Gasteiger partial charge is 0.303 e. The lowest BCUT2D eigenvalue weighted by molar-refractivity contribution is 1.04. The van der Waals surface area contributed by atoms with E-state index in [2.05, 4.69) is 34.0 Å². The zero-order valence-electron chi connectivity index (χ0n) is 6.57. The van der Waals surface area contributed by atoms with Crippen LogP contribution < -0.4 is 0 Å². The van der Waals surface area contributed by atoms with Crippen LogP contribution in [0.15, 0.2) is 30.3 Å². The number of aromatic nitrogens is 2. The first-order valence-corrected chi connectivity index (χ1v) is 4.08. The molecule has 2 nitrogen and oxygen atoms in total. The van der Waals surface area contributed by atoms with Gasteiger partial charge in [0.05, 0.1) is 11.0 Å². The minimum absolute atomic E-state index is 0.967. The summed E-state index contributed by atoms with van der Waals surface area (Å²) in [5.41, 5.74) is 2.30. The van der Waals surface area contributed by atoms with Gasteiger partial charge in [-0.1, -0.05) is 18.2 Å². The molecule has 0 atom stereocenters. The molecule has 2 aromatic rings. The minimum Gasteiger partial charge on any atom is -0.303 e. The van der Waals surface area contributed by atoms with Crippen LogP contribution in [0.3, 0.4) is 0 Å². The molecule has 0 saturated heterocycles. The molecule has 0 bridgehead atoms. The molecule has 0 N–H and O–H groups in total. The van der Waals surface area contributed by atoms with Crippen LogP contribution in [0.2, 0.25) is 0 Å². The van der Waals surface area contributed by atoms with Crippen molar-refractivity contribution < 1.29 is 0 Å². The van der Waals surface area contributed by atoms with E-state index in [-0.39, 0.29) is 0 Å². The van der Waals surface area contributed by atoms with Gasteiger partial charge >= 0.3 is 0 Å². The highest BCUT2D eigenvalue weighted by Crippen LogP contribution is 2.20. The van der Waals surface area contributed by atoms with Gasteiger partial charge < -0.3 is 4.57 Å². The highest BCUT2D eigenvalue weighted by molar-refractivity contribution is 5.79. The van der Waals surface area contributed by atoms with Gasteiger partial charge in [-0.15, -0.1) is 0 Å². The minimum atomic E-state index is 0.967. The Morgan fingerprint density at radius 3 is 3.17 bits per heavy atom. The summed E-state index contributed by atoms with van der Waals surface area (Å²) < 4.78 is 2.15. The summed E-state index contributed by atoms with van der Waals surface area (Å²) >= 11 is 0. The number of nitrogens with zero attached hydrogens (tertiary/aromatic N) is 2. The molecule has 0 saturated carbocycles. The number of allylic oxidation sites excluding steroid dienone is 1. The smallest absolute Gasteiger partial charge is 0.117 e. The first-order valence-electron chi connectivity index (χ1n) is 4.08. The third-order valence-electron chi connectivity index (χ3n) is 2.22. The Bertz CT molecular complexity index is 466. The Morgan fingerprint density at radius 1 is 1.25 bits per heavy atom. The van der Waals surface area contributed by atoms with Crippen molar-refractivity contribution in [1.82, 2.24) is 9.55 Å². The standard InChI is InChI=1S/C10H8N2/c1-2-5-9-8(4-1)11-10-6-3-7-12(9)10/h1-5,7H,6H2. The van der Waals surface area contributed by atoms with Gasteiger partial charge in [-0.3, -0.25) is 0 Å². The van der Waals surface area contributed by atoms with E-state index in [0.29, 0.717) is 0 Å². The number of rotatable bonds is 0. The Kier molecular flexibility index (Phi) is 0.987. The zero-order chi connectivity index (χ0) is 7.97. The van der Waals surface area contributed by atoms with Crippen molar-refractivity contribution in [2.24, 2.45) is 0 Å². The summed E-state index contributed by atoms with van der Waals surface area (Å²) in [4.78, 5) is 4.49. The molecule has 1 aromatic carbocycles. The first kappa shape index (κ1) is 6.00. The van der Waals surface area contributed by atoms with E-state index in [1.165, 1.54) is 5.52 Å². The highest BCUT2D eigenvalue weighted by atomic mass is 15.1. The van der Waals surface area contributed by atoms with Crippen LogP contribution in [0.25, 0.3) is 17.2 Å². The molecule has 0 radical (unpaired) electrons. The molecular formula is C10H8N2. The van der Waals surface area contributed by atoms with Crippen molar-refractivity contribution in [2.45, 2.75) is 6.42 Å². The molecule has 12 heavy (non-hydrogen) atoms. The monoisotopic (exact) mass is 156 g/mol. The molecule has 3 rings (SSSR count). The fraction of sp³-hybridized carbons (Fsp3) is 0.100. The molecule has 1 aliphatic heterocycles. The van der Waals surface area contributed by atoms with E-state index in [0.717, 1.165) is 17.8 Å². The fourth-order valence-corrected chi connectivity index (χ4v) is 1.67. The normalized spacial score (nSPS) is 14.0. The fourth-order valence-electron chi connectivity index (χ4n) is 1.67. The maximum Gasteiger partial charge on any atom is 0.117 e. The van der Waals surface area contributed by atoms with E-state index in [1.807, 2.05) is 12.1 Å². The Labute approximate surface area is 70.2 Å². The van der Waals surface area contributed by atoms with Gasteiger partial charge in [0.25, 0.3) is 0 Å². The van der Waals surface area contributed by atoms with E-state index < -0.39 is 0 Å². The molecule has 1 aromatic heterocycles. The number of hydrogen-bond donors (Lipinski definition) is 0. The van der Waals surface area contributed by atoms with E-state index >= 15 is 0 Å². The lowest BCUT2D eigenvalue weighted by Gasteiger charge is -1.92. The van der Waals surface area contributed by atoms with Gasteiger partial charge in [0.15, 0.2) is 0 Å². The van der Waals surface area contributed by atoms with Crippen LogP contribution >= 0.6 is 0 Å². The average Bonchev–Trinajstić information content (AvgIpc) is 2.62. The quantitative estimate of drug-likeness (QED) is 0.571. The molecule has 0 unspecified atom stereocenters. The lowest BCUT2D eigenvalue weighted by Crippen LogP contribution is -1.86. The molecule has 0 spiro atoms. The molecular weight excluding hydrogens is 148 g/mol. The van der Waals surface area contributed by atoms with E-state index in [4.69, 9.17) is 0 Å². The second kappa shape index (κ2) is 1.97. The summed E-state index contributed by atoms with van der Waals surface area (Å²) in [6, 6.07) is 8.22. The van der Waals surface area contributed by atoms with Gasteiger partial charge in [0, 0.05) is 12.6 Å². The van der Waals surface area contributed by atoms with Crippen molar-refractivity contribution in [3.05, 3.63) is 36.2 Å². The Hall–Kier alpha value is -1.57. The zero-order valence-corrected chi connectivity index (χ0v) is 6.57. The highest BCUT2D eigenvalue weighted by Gasteiger charge is 2.09. The molecule has 0 fully saturated rings. The van der Waals surface area contributed by atoms with Crippen molar-refractivity contribution >= 4 is 17.2 Å². The topological polar surface area (TPSA) is 17.8 Å². The van der Waals surface area contributed by atoms with Crippen molar-refractivity contribution in [1.29, 1.82) is 0 Å². The van der Waals surface area contributed by atoms with Gasteiger partial charge in [0.1, 0.15) is 5.82 Å². The second-order valence-electron chi connectivity index (χ2n) is 2.98. The number of imidazole rings is 1. The Balaban J connectivity index is 2.51. The maximum atomic E-state index is 4.49. The molecule has 58 valence electrons. The molecule has 1 aliphatic rings. The number of benzene rings is 1. The second-order valence-corrected chi connectivity index (χ2v) is 2.98. The maximum absolute atomic E-state index is 4.49. The van der Waals surface area contributed by atoms with Crippen LogP contribution in [0, 0.1) is 0 Å². The number of hydrogen-bond acceptors (Lipinski definition) is 1. The average molecular weight is 156 g/mol. The SMILES string of the molecule is C1=Cn2c(nc3ccccc32)C1. The predicted octanol–water partition coefficient (Wildman–Crippen LogP) is 2.06. The van der Waals surface area contributed by atoms with Gasteiger partial charge in [-0.2, -0.15) is 0 Å². The molecule has 2 heteroatoms. The summed E-state index contributed by atoms with van der Waals surface area (Å²) in [6.07, 6.45) is 5.19. The number of fused-ring (bicyclic) bond motifs is 3. The first-order chi connectivity index (χ1) is 5.95. The summed E-state index contributed by atoms with van der Waals surface area (Å²) in [5.74, 6) is 1.15. The number of para-hydroxylation sites is 2.